The lowest BCUT2D eigenvalue weighted by Gasteiger charge is -2.20. The number of carboxylic acids is 1. The summed E-state index contributed by atoms with van der Waals surface area (Å²) in [6, 6.07) is 26.8. The Morgan fingerprint density at radius 3 is 1.97 bits per heavy atom. The third-order valence-electron chi connectivity index (χ3n) is 4.54. The highest BCUT2D eigenvalue weighted by Crippen LogP contribution is 2.26. The van der Waals surface area contributed by atoms with E-state index < -0.39 is 12.1 Å². The standard InChI is InChI=1S/C17H21NO.C8H8O3/c1-14-8-6-7-11-16(14)19-17(12-13-18-2)15-9-4-3-5-10-15;9-7(8(10)11)6-4-2-1-3-5-6/h3-11,17-18H,12-13H2,1-2H3;1-5,7,9H,(H,10,11)/t17-;7-/m10/s1. The van der Waals surface area contributed by atoms with Gasteiger partial charge >= 0.3 is 5.97 Å². The lowest BCUT2D eigenvalue weighted by atomic mass is 10.1. The Hall–Kier alpha value is -3.15. The van der Waals surface area contributed by atoms with Gasteiger partial charge in [-0.3, -0.25) is 0 Å². The van der Waals surface area contributed by atoms with Crippen LogP contribution in [-0.2, 0) is 4.79 Å². The Morgan fingerprint density at radius 2 is 1.43 bits per heavy atom. The number of aryl methyl sites for hydroxylation is 1. The Balaban J connectivity index is 0.000000248. The highest BCUT2D eigenvalue weighted by Gasteiger charge is 2.14. The molecule has 3 aromatic carbocycles. The van der Waals surface area contributed by atoms with E-state index in [0.717, 1.165) is 18.7 Å². The molecule has 0 heterocycles. The number of aliphatic hydroxyl groups excluding tert-OH is 1. The van der Waals surface area contributed by atoms with Gasteiger partial charge in [0, 0.05) is 6.42 Å². The molecule has 0 aliphatic heterocycles. The van der Waals surface area contributed by atoms with Crippen molar-refractivity contribution in [3.8, 4) is 5.75 Å². The highest BCUT2D eigenvalue weighted by molar-refractivity contribution is 5.73. The molecule has 5 heteroatoms. The minimum Gasteiger partial charge on any atom is -0.485 e. The van der Waals surface area contributed by atoms with Crippen molar-refractivity contribution in [3.63, 3.8) is 0 Å². The first-order valence-corrected chi connectivity index (χ1v) is 9.90. The van der Waals surface area contributed by atoms with Gasteiger partial charge in [0.25, 0.3) is 0 Å². The van der Waals surface area contributed by atoms with Crippen LogP contribution < -0.4 is 10.1 Å². The van der Waals surface area contributed by atoms with Crippen molar-refractivity contribution in [3.05, 3.63) is 102 Å². The van der Waals surface area contributed by atoms with Crippen molar-refractivity contribution in [2.75, 3.05) is 13.6 Å². The molecule has 0 spiro atoms. The summed E-state index contributed by atoms with van der Waals surface area (Å²) in [5, 5.41) is 20.6. The molecule has 5 nitrogen and oxygen atoms in total. The van der Waals surface area contributed by atoms with Gasteiger partial charge in [-0.25, -0.2) is 4.79 Å². The second-order valence-corrected chi connectivity index (χ2v) is 6.83. The largest absolute Gasteiger partial charge is 0.485 e. The van der Waals surface area contributed by atoms with Gasteiger partial charge < -0.3 is 20.3 Å². The van der Waals surface area contributed by atoms with Crippen LogP contribution in [0.15, 0.2) is 84.9 Å². The monoisotopic (exact) mass is 407 g/mol. The number of carbonyl (C=O) groups is 1. The van der Waals surface area contributed by atoms with E-state index in [1.54, 1.807) is 30.3 Å². The molecule has 0 aliphatic carbocycles. The topological polar surface area (TPSA) is 78.8 Å². The molecule has 0 saturated carbocycles. The summed E-state index contributed by atoms with van der Waals surface area (Å²) in [6.45, 7) is 3.01. The zero-order valence-corrected chi connectivity index (χ0v) is 17.4. The molecule has 3 aromatic rings. The summed E-state index contributed by atoms with van der Waals surface area (Å²) >= 11 is 0. The van der Waals surface area contributed by atoms with Gasteiger partial charge in [-0.1, -0.05) is 78.9 Å². The molecule has 0 aromatic heterocycles. The van der Waals surface area contributed by atoms with Gasteiger partial charge in [-0.05, 0) is 43.3 Å². The molecule has 0 amide bonds. The fourth-order valence-electron chi connectivity index (χ4n) is 2.86. The molecule has 0 fully saturated rings. The fraction of sp³-hybridized carbons (Fsp3) is 0.240. The van der Waals surface area contributed by atoms with Gasteiger partial charge in [0.1, 0.15) is 11.9 Å². The average molecular weight is 408 g/mol. The Labute approximate surface area is 178 Å². The summed E-state index contributed by atoms with van der Waals surface area (Å²) in [7, 11) is 1.97. The first-order chi connectivity index (χ1) is 14.5. The minimum atomic E-state index is -1.41. The second-order valence-electron chi connectivity index (χ2n) is 6.83. The summed E-state index contributed by atoms with van der Waals surface area (Å²) in [4.78, 5) is 10.2. The number of hydrogen-bond acceptors (Lipinski definition) is 4. The minimum absolute atomic E-state index is 0.0924. The van der Waals surface area contributed by atoms with Crippen molar-refractivity contribution < 1.29 is 19.7 Å². The number of hydrogen-bond donors (Lipinski definition) is 3. The fourth-order valence-corrected chi connectivity index (χ4v) is 2.86. The molecule has 3 N–H and O–H groups in total. The predicted octanol–water partition coefficient (Wildman–Crippen LogP) is 4.53. The van der Waals surface area contributed by atoms with Crippen molar-refractivity contribution in [1.82, 2.24) is 5.32 Å². The molecule has 2 atom stereocenters. The van der Waals surface area contributed by atoms with Crippen molar-refractivity contribution in [1.29, 1.82) is 0 Å². The summed E-state index contributed by atoms with van der Waals surface area (Å²) in [5.41, 5.74) is 2.80. The smallest absolute Gasteiger partial charge is 0.337 e. The van der Waals surface area contributed by atoms with E-state index in [2.05, 4.69) is 42.6 Å². The van der Waals surface area contributed by atoms with Gasteiger partial charge in [-0.2, -0.15) is 0 Å². The lowest BCUT2D eigenvalue weighted by Crippen LogP contribution is -2.16. The number of benzene rings is 3. The van der Waals surface area contributed by atoms with Crippen molar-refractivity contribution in [2.24, 2.45) is 0 Å². The number of ether oxygens (including phenoxy) is 1. The molecule has 0 radical (unpaired) electrons. The normalized spacial score (nSPS) is 12.2. The molecule has 0 aliphatic rings. The van der Waals surface area contributed by atoms with Crippen LogP contribution in [0.25, 0.3) is 0 Å². The zero-order chi connectivity index (χ0) is 21.8. The van der Waals surface area contributed by atoms with Gasteiger partial charge in [0.05, 0.1) is 0 Å². The third kappa shape index (κ3) is 7.35. The van der Waals surface area contributed by atoms with Crippen LogP contribution in [0.2, 0.25) is 0 Å². The summed E-state index contributed by atoms with van der Waals surface area (Å²) < 4.78 is 6.19. The first kappa shape index (κ1) is 23.1. The number of carboxylic acid groups (broad SMARTS) is 1. The Bertz CT molecular complexity index is 884. The zero-order valence-electron chi connectivity index (χ0n) is 17.4. The van der Waals surface area contributed by atoms with Crippen LogP contribution in [0.4, 0.5) is 0 Å². The molecule has 30 heavy (non-hydrogen) atoms. The SMILES string of the molecule is CNCC[C@@H](Oc1ccccc1C)c1ccccc1.O=C(O)[C@@H](O)c1ccccc1. The van der Waals surface area contributed by atoms with Crippen molar-refractivity contribution >= 4 is 5.97 Å². The summed E-state index contributed by atoms with van der Waals surface area (Å²) in [5.74, 6) is -0.261. The molecule has 0 bridgehead atoms. The molecular formula is C25H29NO4. The van der Waals surface area contributed by atoms with E-state index in [-0.39, 0.29) is 6.10 Å². The highest BCUT2D eigenvalue weighted by atomic mass is 16.5. The maximum atomic E-state index is 10.2. The number of nitrogens with one attached hydrogen (secondary N) is 1. The van der Waals surface area contributed by atoms with Crippen LogP contribution in [0, 0.1) is 6.92 Å². The van der Waals surface area contributed by atoms with Gasteiger partial charge in [0.15, 0.2) is 6.10 Å². The maximum Gasteiger partial charge on any atom is 0.337 e. The van der Waals surface area contributed by atoms with E-state index in [1.165, 1.54) is 11.1 Å². The van der Waals surface area contributed by atoms with Crippen LogP contribution in [0.1, 0.15) is 35.3 Å². The molecular weight excluding hydrogens is 378 g/mol. The van der Waals surface area contributed by atoms with Crippen LogP contribution in [0.5, 0.6) is 5.75 Å². The second kappa shape index (κ2) is 12.4. The number of aliphatic hydroxyl groups is 1. The maximum absolute atomic E-state index is 10.2. The predicted molar refractivity (Wildman–Crippen MR) is 119 cm³/mol. The molecule has 158 valence electrons. The van der Waals surface area contributed by atoms with E-state index in [9.17, 15) is 4.79 Å². The van der Waals surface area contributed by atoms with Crippen LogP contribution in [0.3, 0.4) is 0 Å². The molecule has 0 unspecified atom stereocenters. The van der Waals surface area contributed by atoms with E-state index >= 15 is 0 Å². The van der Waals surface area contributed by atoms with E-state index in [4.69, 9.17) is 14.9 Å². The Kier molecular flexibility index (Phi) is 9.58. The first-order valence-electron chi connectivity index (χ1n) is 9.90. The number of para-hydroxylation sites is 1. The number of aliphatic carboxylic acids is 1. The van der Waals surface area contributed by atoms with Gasteiger partial charge in [-0.15, -0.1) is 0 Å². The Morgan fingerprint density at radius 1 is 0.900 bits per heavy atom. The summed E-state index contributed by atoms with van der Waals surface area (Å²) in [6.07, 6.45) is -0.361. The molecule has 0 saturated heterocycles. The van der Waals surface area contributed by atoms with Gasteiger partial charge in [0.2, 0.25) is 0 Å². The van der Waals surface area contributed by atoms with Crippen LogP contribution in [-0.4, -0.2) is 29.8 Å². The van der Waals surface area contributed by atoms with E-state index in [1.807, 2.05) is 31.3 Å². The van der Waals surface area contributed by atoms with Crippen molar-refractivity contribution in [2.45, 2.75) is 25.6 Å². The molecule has 3 rings (SSSR count). The average Bonchev–Trinajstić information content (AvgIpc) is 2.79. The third-order valence-corrected chi connectivity index (χ3v) is 4.54. The lowest BCUT2D eigenvalue weighted by molar-refractivity contribution is -0.146. The number of rotatable bonds is 8. The van der Waals surface area contributed by atoms with E-state index in [0.29, 0.717) is 5.56 Å². The quantitative estimate of drug-likeness (QED) is 0.511. The van der Waals surface area contributed by atoms with Crippen LogP contribution >= 0.6 is 0 Å².